The predicted molar refractivity (Wildman–Crippen MR) is 69.2 cm³/mol. The highest BCUT2D eigenvalue weighted by Gasteiger charge is 2.16. The summed E-state index contributed by atoms with van der Waals surface area (Å²) in [6.07, 6.45) is 0. The summed E-state index contributed by atoms with van der Waals surface area (Å²) in [5.74, 6) is 0. The number of amides is 2. The van der Waals surface area contributed by atoms with Crippen molar-refractivity contribution in [3.05, 3.63) is 21.3 Å². The second-order valence-electron chi connectivity index (χ2n) is 4.71. The van der Waals surface area contributed by atoms with Gasteiger partial charge in [-0.3, -0.25) is 0 Å². The third-order valence-corrected chi connectivity index (χ3v) is 3.27. The van der Waals surface area contributed by atoms with Gasteiger partial charge in [-0.15, -0.1) is 11.3 Å². The van der Waals surface area contributed by atoms with Crippen LogP contribution in [0.3, 0.4) is 0 Å². The van der Waals surface area contributed by atoms with Gasteiger partial charge in [0, 0.05) is 10.4 Å². The van der Waals surface area contributed by atoms with Gasteiger partial charge >= 0.3 is 6.03 Å². The highest BCUT2D eigenvalue weighted by atomic mass is 35.5. The number of hydrogen-bond donors (Lipinski definition) is 2. The molecule has 2 amide bonds. The molecule has 0 aliphatic carbocycles. The van der Waals surface area contributed by atoms with E-state index in [1.807, 2.05) is 39.8 Å². The molecule has 1 aromatic rings. The zero-order valence-corrected chi connectivity index (χ0v) is 11.5. The van der Waals surface area contributed by atoms with Crippen molar-refractivity contribution >= 4 is 29.0 Å². The van der Waals surface area contributed by atoms with Crippen molar-refractivity contribution in [2.24, 2.45) is 0 Å². The maximum atomic E-state index is 11.6. The molecule has 0 spiro atoms. The van der Waals surface area contributed by atoms with Gasteiger partial charge in [-0.05, 0) is 39.8 Å². The highest BCUT2D eigenvalue weighted by Crippen LogP contribution is 2.26. The first-order chi connectivity index (χ1) is 7.28. The van der Waals surface area contributed by atoms with Crippen LogP contribution in [0.1, 0.15) is 38.6 Å². The van der Waals surface area contributed by atoms with Gasteiger partial charge in [0.15, 0.2) is 0 Å². The van der Waals surface area contributed by atoms with Crippen LogP contribution >= 0.6 is 22.9 Å². The molecule has 3 nitrogen and oxygen atoms in total. The minimum Gasteiger partial charge on any atom is -0.334 e. The topological polar surface area (TPSA) is 41.1 Å². The van der Waals surface area contributed by atoms with Gasteiger partial charge in [0.2, 0.25) is 0 Å². The number of thiophene rings is 1. The summed E-state index contributed by atoms with van der Waals surface area (Å²) >= 11 is 7.32. The number of nitrogens with one attached hydrogen (secondary N) is 2. The average Bonchev–Trinajstić information content (AvgIpc) is 2.47. The highest BCUT2D eigenvalue weighted by molar-refractivity contribution is 7.16. The lowest BCUT2D eigenvalue weighted by Crippen LogP contribution is -2.46. The summed E-state index contributed by atoms with van der Waals surface area (Å²) in [6, 6.07) is 3.57. The largest absolute Gasteiger partial charge is 0.334 e. The molecule has 90 valence electrons. The molecule has 1 heterocycles. The van der Waals surface area contributed by atoms with Crippen molar-refractivity contribution < 1.29 is 4.79 Å². The smallest absolute Gasteiger partial charge is 0.315 e. The van der Waals surface area contributed by atoms with Gasteiger partial charge in [0.05, 0.1) is 10.4 Å². The van der Waals surface area contributed by atoms with Crippen molar-refractivity contribution in [2.75, 3.05) is 0 Å². The van der Waals surface area contributed by atoms with E-state index in [0.29, 0.717) is 0 Å². The standard InChI is InChI=1S/C11H17ClN2OS/c1-7(8-5-6-9(12)16-8)13-10(15)14-11(2,3)4/h5-7H,1-4H3,(H2,13,14,15). The first kappa shape index (κ1) is 13.3. The normalized spacial score (nSPS) is 13.3. The van der Waals surface area contributed by atoms with Crippen LogP contribution < -0.4 is 10.6 Å². The van der Waals surface area contributed by atoms with Crippen LogP contribution in [0.25, 0.3) is 0 Å². The second kappa shape index (κ2) is 5.06. The molecule has 0 saturated heterocycles. The molecule has 0 aliphatic rings. The Bertz CT molecular complexity index is 370. The zero-order valence-electron chi connectivity index (χ0n) is 9.93. The molecular weight excluding hydrogens is 244 g/mol. The van der Waals surface area contributed by atoms with E-state index >= 15 is 0 Å². The van der Waals surface area contributed by atoms with Gasteiger partial charge in [-0.2, -0.15) is 0 Å². The Hall–Kier alpha value is -0.740. The molecule has 5 heteroatoms. The SMILES string of the molecule is CC(NC(=O)NC(C)(C)C)c1ccc(Cl)s1. The van der Waals surface area contributed by atoms with E-state index in [2.05, 4.69) is 10.6 Å². The van der Waals surface area contributed by atoms with Crippen LogP contribution in [0.4, 0.5) is 4.79 Å². The summed E-state index contributed by atoms with van der Waals surface area (Å²) in [5, 5.41) is 5.72. The third kappa shape index (κ3) is 4.41. The number of halogens is 1. The summed E-state index contributed by atoms with van der Waals surface area (Å²) in [7, 11) is 0. The fraction of sp³-hybridized carbons (Fsp3) is 0.545. The molecule has 0 fully saturated rings. The third-order valence-electron chi connectivity index (χ3n) is 1.86. The van der Waals surface area contributed by atoms with Gasteiger partial charge < -0.3 is 10.6 Å². The summed E-state index contributed by atoms with van der Waals surface area (Å²) in [4.78, 5) is 12.6. The van der Waals surface area contributed by atoms with Crippen molar-refractivity contribution in [3.8, 4) is 0 Å². The van der Waals surface area contributed by atoms with Crippen LogP contribution in [0.15, 0.2) is 12.1 Å². The van der Waals surface area contributed by atoms with Gasteiger partial charge in [-0.25, -0.2) is 4.79 Å². The van der Waals surface area contributed by atoms with Crippen molar-refractivity contribution in [2.45, 2.75) is 39.3 Å². The van der Waals surface area contributed by atoms with Crippen LogP contribution in [0.5, 0.6) is 0 Å². The molecule has 0 aromatic carbocycles. The monoisotopic (exact) mass is 260 g/mol. The van der Waals surface area contributed by atoms with Crippen molar-refractivity contribution in [3.63, 3.8) is 0 Å². The maximum absolute atomic E-state index is 11.6. The first-order valence-corrected chi connectivity index (χ1v) is 6.31. The van der Waals surface area contributed by atoms with Crippen molar-refractivity contribution in [1.82, 2.24) is 10.6 Å². The number of carbonyl (C=O) groups excluding carboxylic acids is 1. The Labute approximate surface area is 105 Å². The Kier molecular flexibility index (Phi) is 4.21. The van der Waals surface area contributed by atoms with Crippen molar-refractivity contribution in [1.29, 1.82) is 0 Å². The number of carbonyl (C=O) groups is 1. The van der Waals surface area contributed by atoms with E-state index in [9.17, 15) is 4.79 Å². The average molecular weight is 261 g/mol. The molecule has 1 unspecified atom stereocenters. The van der Waals surface area contributed by atoms with E-state index in [4.69, 9.17) is 11.6 Å². The molecule has 0 saturated carbocycles. The molecule has 0 aliphatic heterocycles. The molecule has 0 bridgehead atoms. The lowest BCUT2D eigenvalue weighted by molar-refractivity contribution is 0.229. The summed E-state index contributed by atoms with van der Waals surface area (Å²) in [6.45, 7) is 7.77. The van der Waals surface area contributed by atoms with Gasteiger partial charge in [0.25, 0.3) is 0 Å². The molecular formula is C11H17ClN2OS. The Balaban J connectivity index is 2.52. The Morgan fingerprint density at radius 3 is 2.50 bits per heavy atom. The van der Waals surface area contributed by atoms with Crippen LogP contribution in [-0.2, 0) is 0 Å². The minimum atomic E-state index is -0.225. The lowest BCUT2D eigenvalue weighted by Gasteiger charge is -2.22. The first-order valence-electron chi connectivity index (χ1n) is 5.12. The van der Waals surface area contributed by atoms with Crippen LogP contribution in [0, 0.1) is 0 Å². The molecule has 1 aromatic heterocycles. The summed E-state index contributed by atoms with van der Waals surface area (Å²) in [5.41, 5.74) is -0.225. The van der Waals surface area contributed by atoms with Gasteiger partial charge in [0.1, 0.15) is 0 Å². The molecule has 2 N–H and O–H groups in total. The fourth-order valence-electron chi connectivity index (χ4n) is 1.21. The fourth-order valence-corrected chi connectivity index (χ4v) is 2.27. The van der Waals surface area contributed by atoms with E-state index in [-0.39, 0.29) is 17.6 Å². The van der Waals surface area contributed by atoms with E-state index in [1.165, 1.54) is 11.3 Å². The van der Waals surface area contributed by atoms with E-state index in [0.717, 1.165) is 9.21 Å². The molecule has 0 radical (unpaired) electrons. The van der Waals surface area contributed by atoms with Crippen LogP contribution in [-0.4, -0.2) is 11.6 Å². The minimum absolute atomic E-state index is 0.0279. The second-order valence-corrected chi connectivity index (χ2v) is 6.46. The predicted octanol–water partition coefficient (Wildman–Crippen LogP) is 3.56. The molecule has 1 atom stereocenters. The maximum Gasteiger partial charge on any atom is 0.315 e. The molecule has 16 heavy (non-hydrogen) atoms. The van der Waals surface area contributed by atoms with Crippen LogP contribution in [0.2, 0.25) is 4.34 Å². The number of rotatable bonds is 2. The van der Waals surface area contributed by atoms with E-state index < -0.39 is 0 Å². The van der Waals surface area contributed by atoms with Gasteiger partial charge in [-0.1, -0.05) is 11.6 Å². The number of urea groups is 1. The number of hydrogen-bond acceptors (Lipinski definition) is 2. The Morgan fingerprint density at radius 2 is 2.06 bits per heavy atom. The lowest BCUT2D eigenvalue weighted by atomic mass is 10.1. The van der Waals surface area contributed by atoms with E-state index in [1.54, 1.807) is 0 Å². The molecule has 1 rings (SSSR count). The quantitative estimate of drug-likeness (QED) is 0.839. The zero-order chi connectivity index (χ0) is 12.3. The Morgan fingerprint density at radius 1 is 1.44 bits per heavy atom. The summed E-state index contributed by atoms with van der Waals surface area (Å²) < 4.78 is 0.736.